The molecule has 3 aromatic rings. The number of rotatable bonds is 6. The molecule has 1 atom stereocenters. The fraction of sp³-hybridized carbons (Fsp3) is 0.261. The smallest absolute Gasteiger partial charge is 0.251 e. The van der Waals surface area contributed by atoms with Crippen LogP contribution in [-0.4, -0.2) is 43.7 Å². The summed E-state index contributed by atoms with van der Waals surface area (Å²) in [6, 6.07) is 17.3. The predicted octanol–water partition coefficient (Wildman–Crippen LogP) is 3.89. The number of ether oxygens (including phenoxy) is 1. The van der Waals surface area contributed by atoms with Gasteiger partial charge in [0.25, 0.3) is 5.91 Å². The lowest BCUT2D eigenvalue weighted by molar-refractivity contribution is 0.0118. The third-order valence-electron chi connectivity index (χ3n) is 5.12. The van der Waals surface area contributed by atoms with E-state index >= 15 is 0 Å². The van der Waals surface area contributed by atoms with Gasteiger partial charge in [-0.25, -0.2) is 4.39 Å². The predicted molar refractivity (Wildman–Crippen MR) is 108 cm³/mol. The summed E-state index contributed by atoms with van der Waals surface area (Å²) in [6.07, 6.45) is 1.65. The zero-order valence-electron chi connectivity index (χ0n) is 16.0. The number of benzene rings is 2. The van der Waals surface area contributed by atoms with Crippen molar-refractivity contribution >= 4 is 5.91 Å². The lowest BCUT2D eigenvalue weighted by atomic mass is 10.0. The molecule has 1 fully saturated rings. The van der Waals surface area contributed by atoms with Crippen LogP contribution in [0.1, 0.15) is 22.2 Å². The van der Waals surface area contributed by atoms with Crippen LogP contribution >= 0.6 is 0 Å². The van der Waals surface area contributed by atoms with E-state index in [0.29, 0.717) is 25.3 Å². The monoisotopic (exact) mass is 394 g/mol. The molecule has 5 nitrogen and oxygen atoms in total. The van der Waals surface area contributed by atoms with E-state index in [1.165, 1.54) is 12.1 Å². The summed E-state index contributed by atoms with van der Waals surface area (Å²) < 4.78 is 24.2. The molecule has 1 saturated heterocycles. The quantitative estimate of drug-likeness (QED) is 0.689. The molecule has 2 aromatic carbocycles. The molecule has 4 rings (SSSR count). The molecule has 150 valence electrons. The summed E-state index contributed by atoms with van der Waals surface area (Å²) >= 11 is 0. The van der Waals surface area contributed by atoms with Crippen molar-refractivity contribution < 1.29 is 18.3 Å². The summed E-state index contributed by atoms with van der Waals surface area (Å²) in [5, 5.41) is 3.03. The van der Waals surface area contributed by atoms with Crippen molar-refractivity contribution in [2.45, 2.75) is 6.04 Å². The maximum Gasteiger partial charge on any atom is 0.251 e. The summed E-state index contributed by atoms with van der Waals surface area (Å²) in [5.74, 6) is 0.390. The van der Waals surface area contributed by atoms with Crippen molar-refractivity contribution in [1.29, 1.82) is 0 Å². The van der Waals surface area contributed by atoms with Crippen molar-refractivity contribution in [3.8, 4) is 11.1 Å². The molecule has 0 spiro atoms. The molecule has 1 aromatic heterocycles. The SMILES string of the molecule is O=C(NCC(c1ccco1)N1CCOCC1)c1cccc(-c2ccc(F)cc2)c1. The summed E-state index contributed by atoms with van der Waals surface area (Å²) in [7, 11) is 0. The van der Waals surface area contributed by atoms with Gasteiger partial charge < -0.3 is 14.5 Å². The average molecular weight is 394 g/mol. The van der Waals surface area contributed by atoms with Gasteiger partial charge in [0.05, 0.1) is 25.5 Å². The highest BCUT2D eigenvalue weighted by molar-refractivity contribution is 5.95. The lowest BCUT2D eigenvalue weighted by Gasteiger charge is -2.33. The first-order chi connectivity index (χ1) is 14.2. The number of hydrogen-bond donors (Lipinski definition) is 1. The highest BCUT2D eigenvalue weighted by Crippen LogP contribution is 2.23. The number of nitrogens with one attached hydrogen (secondary N) is 1. The van der Waals surface area contributed by atoms with Crippen LogP contribution in [0.25, 0.3) is 11.1 Å². The van der Waals surface area contributed by atoms with Crippen molar-refractivity contribution in [1.82, 2.24) is 10.2 Å². The van der Waals surface area contributed by atoms with E-state index in [-0.39, 0.29) is 17.8 Å². The Balaban J connectivity index is 1.46. The topological polar surface area (TPSA) is 54.7 Å². The van der Waals surface area contributed by atoms with Crippen LogP contribution < -0.4 is 5.32 Å². The van der Waals surface area contributed by atoms with Crippen molar-refractivity contribution in [2.75, 3.05) is 32.8 Å². The highest BCUT2D eigenvalue weighted by Gasteiger charge is 2.25. The minimum absolute atomic E-state index is 0.0434. The van der Waals surface area contributed by atoms with E-state index in [2.05, 4.69) is 10.2 Å². The highest BCUT2D eigenvalue weighted by atomic mass is 19.1. The van der Waals surface area contributed by atoms with Crippen LogP contribution in [0.5, 0.6) is 0 Å². The summed E-state index contributed by atoms with van der Waals surface area (Å²) in [4.78, 5) is 15.1. The molecule has 0 radical (unpaired) electrons. The molecule has 0 saturated carbocycles. The number of morpholine rings is 1. The van der Waals surface area contributed by atoms with Gasteiger partial charge in [0.2, 0.25) is 0 Å². The van der Waals surface area contributed by atoms with E-state index in [1.807, 2.05) is 30.3 Å². The second-order valence-corrected chi connectivity index (χ2v) is 6.98. The minimum atomic E-state index is -0.283. The molecule has 1 unspecified atom stereocenters. The largest absolute Gasteiger partial charge is 0.468 e. The summed E-state index contributed by atoms with van der Waals surface area (Å²) in [6.45, 7) is 3.37. The van der Waals surface area contributed by atoms with Crippen LogP contribution in [0, 0.1) is 5.82 Å². The average Bonchev–Trinajstić information content (AvgIpc) is 3.30. The first-order valence-electron chi connectivity index (χ1n) is 9.70. The van der Waals surface area contributed by atoms with E-state index in [4.69, 9.17) is 9.15 Å². The number of amides is 1. The molecule has 1 amide bonds. The van der Waals surface area contributed by atoms with Crippen LogP contribution in [0.3, 0.4) is 0 Å². The third-order valence-corrected chi connectivity index (χ3v) is 5.12. The van der Waals surface area contributed by atoms with Crippen molar-refractivity contribution in [3.05, 3.63) is 84.1 Å². The molecule has 1 aliphatic rings. The Morgan fingerprint density at radius 3 is 2.55 bits per heavy atom. The van der Waals surface area contributed by atoms with Crippen molar-refractivity contribution in [3.63, 3.8) is 0 Å². The molecule has 2 heterocycles. The fourth-order valence-electron chi connectivity index (χ4n) is 3.55. The molecular weight excluding hydrogens is 371 g/mol. The number of nitrogens with zero attached hydrogens (tertiary/aromatic N) is 1. The lowest BCUT2D eigenvalue weighted by Crippen LogP contribution is -2.43. The maximum atomic E-state index is 13.2. The van der Waals surface area contributed by atoms with Gasteiger partial charge in [-0.15, -0.1) is 0 Å². The van der Waals surface area contributed by atoms with Gasteiger partial charge in [-0.3, -0.25) is 9.69 Å². The zero-order valence-corrected chi connectivity index (χ0v) is 16.0. The van der Waals surface area contributed by atoms with E-state index in [0.717, 1.165) is 30.0 Å². The second-order valence-electron chi connectivity index (χ2n) is 6.98. The number of hydrogen-bond acceptors (Lipinski definition) is 4. The zero-order chi connectivity index (χ0) is 20.1. The molecule has 6 heteroatoms. The second kappa shape index (κ2) is 9.03. The van der Waals surface area contributed by atoms with Crippen LogP contribution in [0.4, 0.5) is 4.39 Å². The maximum absolute atomic E-state index is 13.2. The Kier molecular flexibility index (Phi) is 6.03. The Labute approximate surface area is 169 Å². The Morgan fingerprint density at radius 2 is 1.83 bits per heavy atom. The Morgan fingerprint density at radius 1 is 1.03 bits per heavy atom. The van der Waals surface area contributed by atoms with Crippen molar-refractivity contribution in [2.24, 2.45) is 0 Å². The standard InChI is InChI=1S/C23H23FN2O3/c24-20-8-6-17(7-9-20)18-3-1-4-19(15-18)23(27)25-16-21(22-5-2-12-29-22)26-10-13-28-14-11-26/h1-9,12,15,21H,10-11,13-14,16H2,(H,25,27). The number of furan rings is 1. The van der Waals surface area contributed by atoms with Gasteiger partial charge in [-0.05, 0) is 47.5 Å². The van der Waals surface area contributed by atoms with Gasteiger partial charge >= 0.3 is 0 Å². The van der Waals surface area contributed by atoms with E-state index in [1.54, 1.807) is 24.5 Å². The van der Waals surface area contributed by atoms with Gasteiger partial charge in [-0.1, -0.05) is 24.3 Å². The van der Waals surface area contributed by atoms with Gasteiger partial charge in [-0.2, -0.15) is 0 Å². The third kappa shape index (κ3) is 4.72. The number of carbonyl (C=O) groups excluding carboxylic acids is 1. The van der Waals surface area contributed by atoms with Crippen LogP contribution in [0.15, 0.2) is 71.3 Å². The Bertz CT molecular complexity index is 935. The van der Waals surface area contributed by atoms with E-state index < -0.39 is 0 Å². The Hall–Kier alpha value is -2.96. The molecule has 1 aliphatic heterocycles. The first kappa shape index (κ1) is 19.4. The van der Waals surface area contributed by atoms with Gasteiger partial charge in [0, 0.05) is 25.2 Å². The fourth-order valence-corrected chi connectivity index (χ4v) is 3.55. The number of carbonyl (C=O) groups is 1. The molecule has 0 aliphatic carbocycles. The first-order valence-corrected chi connectivity index (χ1v) is 9.70. The summed E-state index contributed by atoms with van der Waals surface area (Å²) in [5.41, 5.74) is 2.29. The molecule has 0 bridgehead atoms. The van der Waals surface area contributed by atoms with Crippen LogP contribution in [-0.2, 0) is 4.74 Å². The van der Waals surface area contributed by atoms with Gasteiger partial charge in [0.1, 0.15) is 11.6 Å². The molecular formula is C23H23FN2O3. The normalized spacial score (nSPS) is 15.8. The van der Waals surface area contributed by atoms with Crippen LogP contribution in [0.2, 0.25) is 0 Å². The molecule has 29 heavy (non-hydrogen) atoms. The minimum Gasteiger partial charge on any atom is -0.468 e. The van der Waals surface area contributed by atoms with E-state index in [9.17, 15) is 9.18 Å². The number of halogens is 1. The molecule has 1 N–H and O–H groups in total. The van der Waals surface area contributed by atoms with Gasteiger partial charge in [0.15, 0.2) is 0 Å².